The number of hydrazone groups is 1. The summed E-state index contributed by atoms with van der Waals surface area (Å²) in [6, 6.07) is 15.6. The van der Waals surface area contributed by atoms with Crippen LogP contribution in [0.4, 0.5) is 0 Å². The number of ether oxygens (including phenoxy) is 1. The van der Waals surface area contributed by atoms with Crippen LogP contribution in [0.3, 0.4) is 0 Å². The fourth-order valence-electron chi connectivity index (χ4n) is 4.62. The van der Waals surface area contributed by atoms with E-state index >= 15 is 0 Å². The van der Waals surface area contributed by atoms with Crippen molar-refractivity contribution in [3.8, 4) is 5.75 Å². The van der Waals surface area contributed by atoms with Gasteiger partial charge in [0.25, 0.3) is 0 Å². The van der Waals surface area contributed by atoms with Crippen LogP contribution in [-0.4, -0.2) is 41.5 Å². The maximum Gasteiger partial charge on any atom is 0.200 e. The molecule has 0 N–H and O–H groups in total. The molecule has 0 saturated carbocycles. The highest BCUT2D eigenvalue weighted by molar-refractivity contribution is 6.02. The molecule has 1 atom stereocenters. The Morgan fingerprint density at radius 2 is 1.70 bits per heavy atom. The molecular weight excluding hydrogens is 334 g/mol. The van der Waals surface area contributed by atoms with Crippen molar-refractivity contribution in [2.75, 3.05) is 20.1 Å². The highest BCUT2D eigenvalue weighted by Gasteiger charge is 2.51. The highest BCUT2D eigenvalue weighted by atomic mass is 16.5. The maximum absolute atomic E-state index is 6.67. The topological polar surface area (TPSA) is 28.1 Å². The normalized spacial score (nSPS) is 23.6. The molecule has 0 unspecified atom stereocenters. The zero-order valence-corrected chi connectivity index (χ0v) is 16.4. The first-order valence-corrected chi connectivity index (χ1v) is 9.96. The number of piperidine rings is 1. The maximum atomic E-state index is 6.67. The number of aryl methyl sites for hydroxylation is 2. The molecule has 0 aliphatic carbocycles. The van der Waals surface area contributed by atoms with Crippen molar-refractivity contribution in [3.05, 3.63) is 64.7 Å². The zero-order chi connectivity index (χ0) is 18.6. The van der Waals surface area contributed by atoms with Gasteiger partial charge in [0.1, 0.15) is 5.75 Å². The highest BCUT2D eigenvalue weighted by Crippen LogP contribution is 2.50. The molecule has 3 aliphatic heterocycles. The third-order valence-electron chi connectivity index (χ3n) is 6.31. The molecule has 3 heterocycles. The Morgan fingerprint density at radius 3 is 2.44 bits per heavy atom. The number of hydrogen-bond acceptors (Lipinski definition) is 4. The van der Waals surface area contributed by atoms with Crippen molar-refractivity contribution in [1.29, 1.82) is 0 Å². The Balaban J connectivity index is 1.58. The minimum atomic E-state index is -0.314. The molecule has 0 aromatic heterocycles. The lowest BCUT2D eigenvalue weighted by Crippen LogP contribution is -2.58. The van der Waals surface area contributed by atoms with Crippen molar-refractivity contribution in [3.63, 3.8) is 0 Å². The summed E-state index contributed by atoms with van der Waals surface area (Å²) in [6.45, 7) is 6.37. The minimum Gasteiger partial charge on any atom is -0.466 e. The van der Waals surface area contributed by atoms with Gasteiger partial charge < -0.3 is 9.64 Å². The van der Waals surface area contributed by atoms with Crippen molar-refractivity contribution in [2.24, 2.45) is 5.10 Å². The van der Waals surface area contributed by atoms with E-state index in [0.29, 0.717) is 0 Å². The van der Waals surface area contributed by atoms with Gasteiger partial charge in [0, 0.05) is 37.9 Å². The van der Waals surface area contributed by atoms with Gasteiger partial charge in [-0.2, -0.15) is 5.10 Å². The standard InChI is InChI=1S/C23H27N3O/c1-16-4-7-18(8-5-16)20-15-21-19-14-17(2)6-9-22(19)27-23(26(21)24-20)10-12-25(3)13-11-23/h4-9,14,21H,10-13,15H2,1-3H3/t21-/m0/s1. The van der Waals surface area contributed by atoms with Gasteiger partial charge in [0.05, 0.1) is 11.8 Å². The summed E-state index contributed by atoms with van der Waals surface area (Å²) in [6.07, 6.45) is 2.91. The van der Waals surface area contributed by atoms with Gasteiger partial charge in [0.15, 0.2) is 0 Å². The van der Waals surface area contributed by atoms with E-state index in [1.807, 2.05) is 0 Å². The van der Waals surface area contributed by atoms with Crippen LogP contribution in [0, 0.1) is 13.8 Å². The second-order valence-electron chi connectivity index (χ2n) is 8.37. The molecule has 2 aromatic rings. The van der Waals surface area contributed by atoms with Crippen LogP contribution in [0.15, 0.2) is 47.6 Å². The average Bonchev–Trinajstić information content (AvgIpc) is 3.12. The van der Waals surface area contributed by atoms with E-state index in [1.54, 1.807) is 0 Å². The number of fused-ring (bicyclic) bond motifs is 4. The largest absolute Gasteiger partial charge is 0.466 e. The van der Waals surface area contributed by atoms with E-state index in [4.69, 9.17) is 9.84 Å². The summed E-state index contributed by atoms with van der Waals surface area (Å²) < 4.78 is 6.67. The Kier molecular flexibility index (Phi) is 3.80. The Hall–Kier alpha value is -2.33. The molecule has 0 amide bonds. The number of benzene rings is 2. The molecule has 4 nitrogen and oxygen atoms in total. The number of hydrogen-bond donors (Lipinski definition) is 0. The lowest BCUT2D eigenvalue weighted by Gasteiger charge is -2.50. The van der Waals surface area contributed by atoms with Crippen LogP contribution in [0.2, 0.25) is 0 Å². The molecule has 0 bridgehead atoms. The Labute approximate surface area is 161 Å². The number of nitrogens with zero attached hydrogens (tertiary/aromatic N) is 3. The van der Waals surface area contributed by atoms with E-state index in [2.05, 4.69) is 73.3 Å². The molecule has 0 radical (unpaired) electrons. The van der Waals surface area contributed by atoms with E-state index in [1.165, 1.54) is 28.0 Å². The molecular formula is C23H27N3O. The first-order valence-electron chi connectivity index (χ1n) is 9.96. The van der Waals surface area contributed by atoms with Gasteiger partial charge in [-0.25, -0.2) is 5.01 Å². The second kappa shape index (κ2) is 6.10. The lowest BCUT2D eigenvalue weighted by atomic mass is 9.90. The third-order valence-corrected chi connectivity index (χ3v) is 6.31. The molecule has 1 saturated heterocycles. The Bertz CT molecular complexity index is 894. The molecule has 1 spiro atoms. The van der Waals surface area contributed by atoms with Crippen molar-refractivity contribution in [2.45, 2.75) is 44.9 Å². The smallest absolute Gasteiger partial charge is 0.200 e. The van der Waals surface area contributed by atoms with Crippen LogP contribution in [0.25, 0.3) is 0 Å². The van der Waals surface area contributed by atoms with Crippen LogP contribution >= 0.6 is 0 Å². The summed E-state index contributed by atoms with van der Waals surface area (Å²) in [5.74, 6) is 1.05. The van der Waals surface area contributed by atoms with E-state index < -0.39 is 0 Å². The molecule has 2 aromatic carbocycles. The predicted molar refractivity (Wildman–Crippen MR) is 108 cm³/mol. The van der Waals surface area contributed by atoms with E-state index in [0.717, 1.165) is 38.1 Å². The van der Waals surface area contributed by atoms with Crippen molar-refractivity contribution < 1.29 is 4.74 Å². The molecule has 4 heteroatoms. The fraction of sp³-hybridized carbons (Fsp3) is 0.435. The second-order valence-corrected chi connectivity index (χ2v) is 8.37. The van der Waals surface area contributed by atoms with E-state index in [9.17, 15) is 0 Å². The van der Waals surface area contributed by atoms with Gasteiger partial charge in [0.2, 0.25) is 5.72 Å². The third kappa shape index (κ3) is 2.74. The molecule has 1 fully saturated rings. The summed E-state index contributed by atoms with van der Waals surface area (Å²) in [5, 5.41) is 7.45. The average molecular weight is 361 g/mol. The van der Waals surface area contributed by atoms with Crippen LogP contribution in [0.1, 0.15) is 47.6 Å². The molecule has 27 heavy (non-hydrogen) atoms. The van der Waals surface area contributed by atoms with Crippen LogP contribution in [-0.2, 0) is 0 Å². The number of rotatable bonds is 1. The Morgan fingerprint density at radius 1 is 1.00 bits per heavy atom. The van der Waals surface area contributed by atoms with Crippen LogP contribution < -0.4 is 4.74 Å². The first kappa shape index (κ1) is 16.8. The minimum absolute atomic E-state index is 0.272. The quantitative estimate of drug-likeness (QED) is 0.759. The van der Waals surface area contributed by atoms with Crippen molar-refractivity contribution >= 4 is 5.71 Å². The first-order chi connectivity index (χ1) is 13.0. The van der Waals surface area contributed by atoms with Gasteiger partial charge in [-0.1, -0.05) is 47.5 Å². The van der Waals surface area contributed by atoms with Gasteiger partial charge in [-0.05, 0) is 32.5 Å². The zero-order valence-electron chi connectivity index (χ0n) is 16.4. The number of likely N-dealkylation sites (tertiary alicyclic amines) is 1. The van der Waals surface area contributed by atoms with Crippen molar-refractivity contribution in [1.82, 2.24) is 9.91 Å². The summed E-state index contributed by atoms with van der Waals surface area (Å²) in [7, 11) is 2.19. The monoisotopic (exact) mass is 361 g/mol. The van der Waals surface area contributed by atoms with Gasteiger partial charge in [-0.15, -0.1) is 0 Å². The molecule has 5 rings (SSSR count). The molecule has 3 aliphatic rings. The lowest BCUT2D eigenvalue weighted by molar-refractivity contribution is -0.147. The van der Waals surface area contributed by atoms with Gasteiger partial charge >= 0.3 is 0 Å². The van der Waals surface area contributed by atoms with Crippen LogP contribution in [0.5, 0.6) is 5.75 Å². The predicted octanol–water partition coefficient (Wildman–Crippen LogP) is 4.27. The van der Waals surface area contributed by atoms with Gasteiger partial charge in [-0.3, -0.25) is 0 Å². The summed E-state index contributed by atoms with van der Waals surface area (Å²) in [5.41, 5.74) is 5.94. The van der Waals surface area contributed by atoms with E-state index in [-0.39, 0.29) is 11.8 Å². The fourth-order valence-corrected chi connectivity index (χ4v) is 4.62. The SMILES string of the molecule is Cc1ccc(C2=NN3[C@@H](C2)c2cc(C)ccc2OC32CCN(C)CC2)cc1. The molecule has 140 valence electrons. The summed E-state index contributed by atoms with van der Waals surface area (Å²) in [4.78, 5) is 2.38. The summed E-state index contributed by atoms with van der Waals surface area (Å²) >= 11 is 0.